The van der Waals surface area contributed by atoms with Crippen molar-refractivity contribution in [3.05, 3.63) is 23.1 Å². The van der Waals surface area contributed by atoms with Gasteiger partial charge in [-0.2, -0.15) is 0 Å². The smallest absolute Gasteiger partial charge is 0.147 e. The number of pyridine rings is 1. The van der Waals surface area contributed by atoms with E-state index in [4.69, 9.17) is 9.72 Å². The molecule has 26 heavy (non-hydrogen) atoms. The van der Waals surface area contributed by atoms with Gasteiger partial charge >= 0.3 is 0 Å². The second-order valence-corrected chi connectivity index (χ2v) is 8.50. The summed E-state index contributed by atoms with van der Waals surface area (Å²) >= 11 is 1.61. The number of nitrogens with zero attached hydrogens (tertiary/aromatic N) is 3. The van der Waals surface area contributed by atoms with Gasteiger partial charge in [0.2, 0.25) is 0 Å². The van der Waals surface area contributed by atoms with Crippen LogP contribution in [0, 0.1) is 6.92 Å². The molecule has 7 heteroatoms. The van der Waals surface area contributed by atoms with E-state index >= 15 is 0 Å². The van der Waals surface area contributed by atoms with Crippen LogP contribution in [0.1, 0.15) is 44.0 Å². The predicted octanol–water partition coefficient (Wildman–Crippen LogP) is 3.58. The summed E-state index contributed by atoms with van der Waals surface area (Å²) in [6.45, 7) is 9.33. The molecule has 0 spiro atoms. The molecule has 0 saturated heterocycles. The molecule has 1 unspecified atom stereocenters. The maximum absolute atomic E-state index is 9.85. The molecule has 0 amide bonds. The first-order valence-corrected chi connectivity index (χ1v) is 9.82. The van der Waals surface area contributed by atoms with Crippen LogP contribution in [0.25, 0.3) is 20.4 Å². The maximum Gasteiger partial charge on any atom is 0.147 e. The number of aliphatic hydroxyl groups excluding tert-OH is 1. The average molecular weight is 372 g/mol. The summed E-state index contributed by atoms with van der Waals surface area (Å²) in [6, 6.07) is 0. The molecule has 4 heterocycles. The Bertz CT molecular complexity index is 983. The van der Waals surface area contributed by atoms with Crippen LogP contribution in [-0.4, -0.2) is 38.3 Å². The Kier molecular flexibility index (Phi) is 4.33. The largest absolute Gasteiger partial charge is 0.391 e. The van der Waals surface area contributed by atoms with E-state index in [9.17, 15) is 5.11 Å². The molecule has 2 N–H and O–H groups in total. The fourth-order valence-corrected chi connectivity index (χ4v) is 4.62. The molecule has 138 valence electrons. The van der Waals surface area contributed by atoms with Gasteiger partial charge in [0.15, 0.2) is 0 Å². The van der Waals surface area contributed by atoms with Crippen molar-refractivity contribution >= 4 is 37.6 Å². The Labute approximate surface area is 156 Å². The Morgan fingerprint density at radius 3 is 2.92 bits per heavy atom. The molecule has 0 aliphatic carbocycles. The second kappa shape index (κ2) is 6.40. The number of nitrogens with one attached hydrogen (secondary N) is 1. The molecule has 6 nitrogen and oxygen atoms in total. The SMILES string of the molecule is CCC(O)CNc1ncnc2c1sc1nc(C)c3c(c12)CC(C)(C)OC3. The van der Waals surface area contributed by atoms with E-state index in [0.29, 0.717) is 19.6 Å². The molecular formula is C19H24N4O2S. The molecule has 1 atom stereocenters. The molecule has 1 aliphatic rings. The summed E-state index contributed by atoms with van der Waals surface area (Å²) in [5.41, 5.74) is 4.26. The summed E-state index contributed by atoms with van der Waals surface area (Å²) in [4.78, 5) is 14.8. The Balaban J connectivity index is 1.90. The van der Waals surface area contributed by atoms with Crippen molar-refractivity contribution in [2.75, 3.05) is 11.9 Å². The van der Waals surface area contributed by atoms with E-state index in [1.807, 2.05) is 13.8 Å². The predicted molar refractivity (Wildman–Crippen MR) is 105 cm³/mol. The average Bonchev–Trinajstić information content (AvgIpc) is 2.97. The molecule has 4 rings (SSSR count). The molecule has 0 saturated carbocycles. The lowest BCUT2D eigenvalue weighted by Crippen LogP contribution is -2.32. The number of aryl methyl sites for hydroxylation is 1. The third-order valence-electron chi connectivity index (χ3n) is 5.01. The first-order valence-electron chi connectivity index (χ1n) is 9.01. The zero-order chi connectivity index (χ0) is 18.5. The fourth-order valence-electron chi connectivity index (χ4n) is 3.45. The van der Waals surface area contributed by atoms with E-state index in [1.165, 1.54) is 11.1 Å². The zero-order valence-corrected chi connectivity index (χ0v) is 16.4. The topological polar surface area (TPSA) is 80.2 Å². The van der Waals surface area contributed by atoms with E-state index in [2.05, 4.69) is 29.1 Å². The van der Waals surface area contributed by atoms with Gasteiger partial charge in [-0.3, -0.25) is 0 Å². The summed E-state index contributed by atoms with van der Waals surface area (Å²) < 4.78 is 7.00. The lowest BCUT2D eigenvalue weighted by molar-refractivity contribution is -0.0400. The molecule has 1 aliphatic heterocycles. The monoisotopic (exact) mass is 372 g/mol. The van der Waals surface area contributed by atoms with Crippen molar-refractivity contribution in [1.82, 2.24) is 15.0 Å². The van der Waals surface area contributed by atoms with Gasteiger partial charge in [0.05, 0.1) is 28.5 Å². The molecule has 0 bridgehead atoms. The number of aromatic nitrogens is 3. The third kappa shape index (κ3) is 2.94. The van der Waals surface area contributed by atoms with E-state index in [1.54, 1.807) is 17.7 Å². The van der Waals surface area contributed by atoms with Gasteiger partial charge in [-0.1, -0.05) is 6.92 Å². The Hall–Kier alpha value is -1.83. The van der Waals surface area contributed by atoms with E-state index in [-0.39, 0.29) is 11.7 Å². The number of fused-ring (bicyclic) bond motifs is 5. The summed E-state index contributed by atoms with van der Waals surface area (Å²) in [6.07, 6.45) is 2.75. The summed E-state index contributed by atoms with van der Waals surface area (Å²) in [5, 5.41) is 14.2. The number of hydrogen-bond acceptors (Lipinski definition) is 7. The highest BCUT2D eigenvalue weighted by Gasteiger charge is 2.30. The number of anilines is 1. The van der Waals surface area contributed by atoms with E-state index < -0.39 is 0 Å². The highest BCUT2D eigenvalue weighted by atomic mass is 32.1. The number of rotatable bonds is 4. The van der Waals surface area contributed by atoms with Crippen molar-refractivity contribution in [2.24, 2.45) is 0 Å². The Morgan fingerprint density at radius 2 is 2.15 bits per heavy atom. The highest BCUT2D eigenvalue weighted by molar-refractivity contribution is 7.26. The number of hydrogen-bond donors (Lipinski definition) is 2. The van der Waals surface area contributed by atoms with Crippen molar-refractivity contribution in [1.29, 1.82) is 0 Å². The van der Waals surface area contributed by atoms with Crippen LogP contribution < -0.4 is 5.32 Å². The second-order valence-electron chi connectivity index (χ2n) is 7.50. The first kappa shape index (κ1) is 17.6. The minimum Gasteiger partial charge on any atom is -0.391 e. The zero-order valence-electron chi connectivity index (χ0n) is 15.6. The lowest BCUT2D eigenvalue weighted by atomic mass is 9.89. The van der Waals surface area contributed by atoms with Gasteiger partial charge in [0, 0.05) is 29.6 Å². The van der Waals surface area contributed by atoms with Gasteiger partial charge in [0.25, 0.3) is 0 Å². The van der Waals surface area contributed by atoms with E-state index in [0.717, 1.165) is 38.4 Å². The minimum absolute atomic E-state index is 0.193. The fraction of sp³-hybridized carbons (Fsp3) is 0.526. The van der Waals surface area contributed by atoms with Crippen LogP contribution in [0.4, 0.5) is 5.82 Å². The number of thiophene rings is 1. The van der Waals surface area contributed by atoms with Gasteiger partial charge in [-0.05, 0) is 32.8 Å². The van der Waals surface area contributed by atoms with Crippen molar-refractivity contribution < 1.29 is 9.84 Å². The molecule has 3 aromatic rings. The summed E-state index contributed by atoms with van der Waals surface area (Å²) in [7, 11) is 0. The summed E-state index contributed by atoms with van der Waals surface area (Å²) in [5.74, 6) is 0.767. The van der Waals surface area contributed by atoms with Crippen LogP contribution in [0.5, 0.6) is 0 Å². The van der Waals surface area contributed by atoms with Gasteiger partial charge in [-0.15, -0.1) is 11.3 Å². The van der Waals surface area contributed by atoms with Crippen LogP contribution in [0.2, 0.25) is 0 Å². The van der Waals surface area contributed by atoms with Gasteiger partial charge in [0.1, 0.15) is 17.0 Å². The van der Waals surface area contributed by atoms with Crippen LogP contribution >= 0.6 is 11.3 Å². The van der Waals surface area contributed by atoms with Crippen molar-refractivity contribution in [2.45, 2.75) is 58.8 Å². The van der Waals surface area contributed by atoms with Gasteiger partial charge in [-0.25, -0.2) is 15.0 Å². The van der Waals surface area contributed by atoms with Crippen LogP contribution in [0.15, 0.2) is 6.33 Å². The number of aliphatic hydroxyl groups is 1. The van der Waals surface area contributed by atoms with Crippen LogP contribution in [0.3, 0.4) is 0 Å². The van der Waals surface area contributed by atoms with Crippen molar-refractivity contribution in [3.8, 4) is 0 Å². The quantitative estimate of drug-likeness (QED) is 0.729. The van der Waals surface area contributed by atoms with Crippen molar-refractivity contribution in [3.63, 3.8) is 0 Å². The molecule has 0 radical (unpaired) electrons. The first-order chi connectivity index (χ1) is 12.4. The molecule has 0 aromatic carbocycles. The molecule has 0 fully saturated rings. The Morgan fingerprint density at radius 1 is 1.35 bits per heavy atom. The highest BCUT2D eigenvalue weighted by Crippen LogP contribution is 2.41. The van der Waals surface area contributed by atoms with Gasteiger partial charge < -0.3 is 15.2 Å². The standard InChI is InChI=1S/C19H24N4O2S/c1-5-11(24)7-20-17-16-15(21-9-22-17)14-12-6-19(3,4)25-8-13(12)10(2)23-18(14)26-16/h9,11,24H,5-8H2,1-4H3,(H,20,21,22). The molecular weight excluding hydrogens is 348 g/mol. The third-order valence-corrected chi connectivity index (χ3v) is 6.09. The molecule has 3 aromatic heterocycles. The lowest BCUT2D eigenvalue weighted by Gasteiger charge is -2.32. The maximum atomic E-state index is 9.85. The normalized spacial score (nSPS) is 17.4. The number of ether oxygens (including phenoxy) is 1. The minimum atomic E-state index is -0.388. The van der Waals surface area contributed by atoms with Crippen LogP contribution in [-0.2, 0) is 17.8 Å².